The van der Waals surface area contributed by atoms with Crippen LogP contribution in [0.1, 0.15) is 37.7 Å². The van der Waals surface area contributed by atoms with Crippen LogP contribution in [0.3, 0.4) is 0 Å². The molecule has 0 amide bonds. The van der Waals surface area contributed by atoms with Crippen molar-refractivity contribution in [2.75, 3.05) is 0 Å². The topological polar surface area (TPSA) is 37.3 Å². The summed E-state index contributed by atoms with van der Waals surface area (Å²) in [6.07, 6.45) is 2.78. The number of unbranched alkanes of at least 4 members (excludes halogenated alkanes) is 1. The quantitative estimate of drug-likeness (QED) is 0.781. The van der Waals surface area contributed by atoms with E-state index >= 15 is 0 Å². The number of carbonyl (C=O) groups excluding carboxylic acids is 1. The van der Waals surface area contributed by atoms with Crippen LogP contribution in [-0.2, 0) is 4.79 Å². The molecule has 3 heteroatoms. The van der Waals surface area contributed by atoms with Crippen molar-refractivity contribution in [3.8, 4) is 5.75 Å². The molecule has 0 aromatic heterocycles. The highest BCUT2D eigenvalue weighted by atomic mass is 35.5. The minimum absolute atomic E-state index is 0.204. The van der Waals surface area contributed by atoms with E-state index in [1.807, 2.05) is 0 Å². The van der Waals surface area contributed by atoms with Crippen LogP contribution < -0.4 is 0 Å². The van der Waals surface area contributed by atoms with Crippen molar-refractivity contribution in [2.24, 2.45) is 0 Å². The molecule has 1 aromatic carbocycles. The molecule has 0 saturated heterocycles. The minimum atomic E-state index is -0.325. The normalized spacial score (nSPS) is 12.4. The summed E-state index contributed by atoms with van der Waals surface area (Å²) in [4.78, 5) is 11.2. The molecule has 1 rings (SSSR count). The van der Waals surface area contributed by atoms with Gasteiger partial charge in [0.2, 0.25) is 5.24 Å². The van der Waals surface area contributed by atoms with E-state index in [9.17, 15) is 4.79 Å². The molecule has 1 aromatic rings. The second-order valence-corrected chi connectivity index (χ2v) is 3.96. The van der Waals surface area contributed by atoms with Gasteiger partial charge in [-0.25, -0.2) is 0 Å². The average Bonchev–Trinajstić information content (AvgIpc) is 2.21. The molecule has 1 atom stereocenters. The molecular weight excluding hydrogens is 212 g/mol. The summed E-state index contributed by atoms with van der Waals surface area (Å²) in [5.74, 6) is -0.0396. The fraction of sp³-hybridized carbons (Fsp3) is 0.417. The number of halogens is 1. The Morgan fingerprint density at radius 1 is 1.40 bits per heavy atom. The summed E-state index contributed by atoms with van der Waals surface area (Å²) in [6.45, 7) is 2.08. The average molecular weight is 227 g/mol. The number of rotatable bonds is 5. The van der Waals surface area contributed by atoms with Crippen LogP contribution in [0.5, 0.6) is 5.75 Å². The molecule has 0 aliphatic carbocycles. The van der Waals surface area contributed by atoms with Crippen molar-refractivity contribution in [2.45, 2.75) is 32.1 Å². The highest BCUT2D eigenvalue weighted by Gasteiger charge is 2.17. The predicted octanol–water partition coefficient (Wildman–Crippen LogP) is 3.43. The molecular formula is C12H15ClO2. The minimum Gasteiger partial charge on any atom is -0.508 e. The van der Waals surface area contributed by atoms with E-state index < -0.39 is 0 Å². The van der Waals surface area contributed by atoms with Crippen LogP contribution in [0.25, 0.3) is 0 Å². The van der Waals surface area contributed by atoms with Gasteiger partial charge in [0.25, 0.3) is 0 Å². The van der Waals surface area contributed by atoms with Gasteiger partial charge in [0.15, 0.2) is 0 Å². The van der Waals surface area contributed by atoms with Crippen molar-refractivity contribution < 1.29 is 9.90 Å². The lowest BCUT2D eigenvalue weighted by Gasteiger charge is -2.12. The SMILES string of the molecule is CCCCC(C(=O)Cl)c1ccc(O)cc1. The molecule has 82 valence electrons. The van der Waals surface area contributed by atoms with E-state index in [0.29, 0.717) is 0 Å². The van der Waals surface area contributed by atoms with E-state index in [4.69, 9.17) is 16.7 Å². The molecule has 0 spiro atoms. The van der Waals surface area contributed by atoms with Crippen molar-refractivity contribution >= 4 is 16.8 Å². The first-order chi connectivity index (χ1) is 7.15. The van der Waals surface area contributed by atoms with Gasteiger partial charge < -0.3 is 5.11 Å². The molecule has 0 heterocycles. The second-order valence-electron chi connectivity index (χ2n) is 3.59. The third kappa shape index (κ3) is 3.56. The molecule has 0 saturated carbocycles. The summed E-state index contributed by atoms with van der Waals surface area (Å²) in [5, 5.41) is 8.81. The number of phenols is 1. The van der Waals surface area contributed by atoms with E-state index in [1.165, 1.54) is 0 Å². The number of hydrogen-bond donors (Lipinski definition) is 1. The maximum Gasteiger partial charge on any atom is 0.229 e. The third-order valence-corrected chi connectivity index (χ3v) is 2.68. The van der Waals surface area contributed by atoms with Gasteiger partial charge in [0.05, 0.1) is 5.92 Å². The molecule has 15 heavy (non-hydrogen) atoms. The number of aromatic hydroxyl groups is 1. The Morgan fingerprint density at radius 3 is 2.47 bits per heavy atom. The summed E-state index contributed by atoms with van der Waals surface area (Å²) >= 11 is 5.55. The van der Waals surface area contributed by atoms with Gasteiger partial charge in [-0.3, -0.25) is 4.79 Å². The monoisotopic (exact) mass is 226 g/mol. The lowest BCUT2D eigenvalue weighted by molar-refractivity contribution is -0.113. The van der Waals surface area contributed by atoms with Gasteiger partial charge in [0.1, 0.15) is 5.75 Å². The second kappa shape index (κ2) is 5.76. The van der Waals surface area contributed by atoms with E-state index in [2.05, 4.69) is 6.92 Å². The molecule has 0 aliphatic rings. The zero-order valence-corrected chi connectivity index (χ0v) is 9.50. The van der Waals surface area contributed by atoms with Gasteiger partial charge in [-0.1, -0.05) is 31.9 Å². The van der Waals surface area contributed by atoms with Gasteiger partial charge in [-0.05, 0) is 35.7 Å². The van der Waals surface area contributed by atoms with E-state index in [0.717, 1.165) is 24.8 Å². The Morgan fingerprint density at radius 2 is 2.00 bits per heavy atom. The van der Waals surface area contributed by atoms with Crippen molar-refractivity contribution in [1.29, 1.82) is 0 Å². The Bertz CT molecular complexity index is 319. The van der Waals surface area contributed by atoms with Gasteiger partial charge >= 0.3 is 0 Å². The fourth-order valence-corrected chi connectivity index (χ4v) is 1.76. The highest BCUT2D eigenvalue weighted by Crippen LogP contribution is 2.26. The van der Waals surface area contributed by atoms with Crippen molar-refractivity contribution in [1.82, 2.24) is 0 Å². The summed E-state index contributed by atoms with van der Waals surface area (Å²) in [5.41, 5.74) is 0.876. The maximum atomic E-state index is 11.2. The van der Waals surface area contributed by atoms with Crippen molar-refractivity contribution in [3.05, 3.63) is 29.8 Å². The van der Waals surface area contributed by atoms with Crippen molar-refractivity contribution in [3.63, 3.8) is 0 Å². The molecule has 1 unspecified atom stereocenters. The third-order valence-electron chi connectivity index (χ3n) is 2.42. The van der Waals surface area contributed by atoms with Crippen LogP contribution in [0.15, 0.2) is 24.3 Å². The Labute approximate surface area is 94.9 Å². The number of hydrogen-bond acceptors (Lipinski definition) is 2. The number of phenolic OH excluding ortho intramolecular Hbond substituents is 1. The zero-order valence-electron chi connectivity index (χ0n) is 8.74. The highest BCUT2D eigenvalue weighted by molar-refractivity contribution is 6.64. The fourth-order valence-electron chi connectivity index (χ4n) is 1.53. The van der Waals surface area contributed by atoms with Crippen LogP contribution >= 0.6 is 11.6 Å². The Hall–Kier alpha value is -1.02. The summed E-state index contributed by atoms with van der Waals surface area (Å²) < 4.78 is 0. The molecule has 2 nitrogen and oxygen atoms in total. The van der Waals surface area contributed by atoms with E-state index in [1.54, 1.807) is 24.3 Å². The number of carbonyl (C=O) groups is 1. The Kier molecular flexibility index (Phi) is 4.63. The van der Waals surface area contributed by atoms with Gasteiger partial charge in [-0.15, -0.1) is 0 Å². The first kappa shape index (κ1) is 12.1. The van der Waals surface area contributed by atoms with Gasteiger partial charge in [0, 0.05) is 0 Å². The predicted molar refractivity (Wildman–Crippen MR) is 61.2 cm³/mol. The molecule has 0 bridgehead atoms. The van der Waals surface area contributed by atoms with E-state index in [-0.39, 0.29) is 16.9 Å². The largest absolute Gasteiger partial charge is 0.508 e. The molecule has 0 fully saturated rings. The molecule has 0 radical (unpaired) electrons. The molecule has 1 N–H and O–H groups in total. The van der Waals surface area contributed by atoms with Gasteiger partial charge in [-0.2, -0.15) is 0 Å². The lowest BCUT2D eigenvalue weighted by Crippen LogP contribution is -2.06. The van der Waals surface area contributed by atoms with Crippen LogP contribution in [0.4, 0.5) is 0 Å². The maximum absolute atomic E-state index is 11.2. The van der Waals surface area contributed by atoms with Crippen LogP contribution in [-0.4, -0.2) is 10.3 Å². The number of benzene rings is 1. The summed E-state index contributed by atoms with van der Waals surface area (Å²) in [6, 6.07) is 6.65. The van der Waals surface area contributed by atoms with Crippen LogP contribution in [0, 0.1) is 0 Å². The smallest absolute Gasteiger partial charge is 0.229 e. The first-order valence-electron chi connectivity index (χ1n) is 5.13. The van der Waals surface area contributed by atoms with Crippen LogP contribution in [0.2, 0.25) is 0 Å². The molecule has 0 aliphatic heterocycles. The lowest BCUT2D eigenvalue weighted by atomic mass is 9.95. The first-order valence-corrected chi connectivity index (χ1v) is 5.51. The zero-order chi connectivity index (χ0) is 11.3. The Balaban J connectivity index is 2.79. The standard InChI is InChI=1S/C12H15ClO2/c1-2-3-4-11(12(13)15)9-5-7-10(14)8-6-9/h5-8,11,14H,2-4H2,1H3. The summed E-state index contributed by atoms with van der Waals surface area (Å²) in [7, 11) is 0.